The number of carboxylic acids is 1. The predicted molar refractivity (Wildman–Crippen MR) is 231 cm³/mol. The van der Waals surface area contributed by atoms with Crippen molar-refractivity contribution in [3.8, 4) is 0 Å². The molecule has 0 fully saturated rings. The van der Waals surface area contributed by atoms with Gasteiger partial charge in [-0.15, -0.1) is 0 Å². The van der Waals surface area contributed by atoms with Crippen LogP contribution >= 0.6 is 0 Å². The van der Waals surface area contributed by atoms with E-state index in [1.54, 1.807) is 0 Å². The number of aliphatic carboxylic acids is 1. The van der Waals surface area contributed by atoms with Crippen LogP contribution in [0.2, 0.25) is 0 Å². The average Bonchev–Trinajstić information content (AvgIpc) is 3.21. The van der Waals surface area contributed by atoms with E-state index in [0.29, 0.717) is 19.4 Å². The van der Waals surface area contributed by atoms with Crippen molar-refractivity contribution in [3.05, 3.63) is 0 Å². The fourth-order valence-corrected chi connectivity index (χ4v) is 5.32. The van der Waals surface area contributed by atoms with Crippen LogP contribution in [0.3, 0.4) is 0 Å². The summed E-state index contributed by atoms with van der Waals surface area (Å²) in [7, 11) is 0. The number of rotatable bonds is 31. The Bertz CT molecular complexity index is 1640. The first-order valence-corrected chi connectivity index (χ1v) is 20.4. The van der Waals surface area contributed by atoms with Crippen molar-refractivity contribution in [2.45, 2.75) is 127 Å². The lowest BCUT2D eigenvalue weighted by Crippen LogP contribution is -2.61. The van der Waals surface area contributed by atoms with Crippen molar-refractivity contribution < 1.29 is 58.5 Å². The quantitative estimate of drug-likeness (QED) is 0.0174. The maximum atomic E-state index is 13.4. The highest BCUT2D eigenvalue weighted by Crippen LogP contribution is 2.06. The zero-order chi connectivity index (χ0) is 49.1. The molecule has 64 heavy (non-hydrogen) atoms. The number of nitrogens with one attached hydrogen (secondary N) is 8. The van der Waals surface area contributed by atoms with Crippen molar-refractivity contribution in [3.63, 3.8) is 0 Å². The second kappa shape index (κ2) is 30.6. The van der Waals surface area contributed by atoms with Gasteiger partial charge in [0.25, 0.3) is 0 Å². The Morgan fingerprint density at radius 1 is 0.547 bits per heavy atom. The van der Waals surface area contributed by atoms with Gasteiger partial charge in [0.1, 0.15) is 42.3 Å². The number of carboxylic acid groups (broad SMARTS) is 1. The smallest absolute Gasteiger partial charge is 0.325 e. The zero-order valence-corrected chi connectivity index (χ0v) is 36.6. The number of unbranched alkanes of at least 4 members (excludes halogenated alkanes) is 1. The number of carbonyl (C=O) groups excluding carboxylic acids is 8. The van der Waals surface area contributed by atoms with E-state index in [-0.39, 0.29) is 57.1 Å². The number of nitrogens with zero attached hydrogens (tertiary/aromatic N) is 2. The molecule has 0 aromatic heterocycles. The Balaban J connectivity index is 5.93. The summed E-state index contributed by atoms with van der Waals surface area (Å²) in [5.74, 6) is -8.99. The summed E-state index contributed by atoms with van der Waals surface area (Å²) in [4.78, 5) is 123. The van der Waals surface area contributed by atoms with Crippen LogP contribution in [0.4, 0.5) is 0 Å². The van der Waals surface area contributed by atoms with Gasteiger partial charge in [0.2, 0.25) is 47.3 Å². The molecule has 0 heterocycles. The number of aliphatic hydroxyl groups is 2. The molecule has 0 aromatic rings. The van der Waals surface area contributed by atoms with Gasteiger partial charge < -0.3 is 92.3 Å². The topological polar surface area (TPSA) is 491 Å². The normalized spacial score (nSPS) is 15.0. The van der Waals surface area contributed by atoms with E-state index >= 15 is 0 Å². The van der Waals surface area contributed by atoms with Crippen LogP contribution in [0.5, 0.6) is 0 Å². The molecule has 0 aliphatic heterocycles. The fourth-order valence-electron chi connectivity index (χ4n) is 5.32. The molecule has 0 bridgehead atoms. The lowest BCUT2D eigenvalue weighted by molar-refractivity contribution is -0.142. The second-order valence-electron chi connectivity index (χ2n) is 14.7. The molecule has 0 aliphatic rings. The highest BCUT2D eigenvalue weighted by molar-refractivity contribution is 5.97. The molecule has 28 nitrogen and oxygen atoms in total. The van der Waals surface area contributed by atoms with Gasteiger partial charge in [-0.1, -0.05) is 0 Å². The number of guanidine groups is 2. The van der Waals surface area contributed by atoms with Crippen LogP contribution in [-0.2, 0) is 43.2 Å². The summed E-state index contributed by atoms with van der Waals surface area (Å²) in [5.41, 5.74) is 32.7. The summed E-state index contributed by atoms with van der Waals surface area (Å²) in [6.45, 7) is 3.69. The third kappa shape index (κ3) is 23.7. The lowest BCUT2D eigenvalue weighted by atomic mass is 10.1. The molecule has 0 radical (unpaired) electrons. The van der Waals surface area contributed by atoms with Gasteiger partial charge in [-0.2, -0.15) is 0 Å². The SMILES string of the molecule is C[C@H](N)C(=O)N[C@@H](CCCCN)C(=O)N[C@@H](CCCN=C(N)N)C(=O)NCC(=O)N[C@@H](C)C(=O)N[C@@H](CCCN=C(N)N)C(=O)N[C@@H](CO)C(=O)N[C@H](C(=O)N[C@@H](C)C(=O)O)[C@@H](C)O. The van der Waals surface area contributed by atoms with Crippen LogP contribution in [-0.4, -0.2) is 168 Å². The summed E-state index contributed by atoms with van der Waals surface area (Å²) >= 11 is 0. The molecule has 28 heteroatoms. The van der Waals surface area contributed by atoms with Crippen molar-refractivity contribution in [1.29, 1.82) is 0 Å². The maximum absolute atomic E-state index is 13.4. The molecule has 0 aliphatic carbocycles. The average molecular weight is 917 g/mol. The Hall–Kier alpha value is -6.39. The van der Waals surface area contributed by atoms with E-state index < -0.39 is 121 Å². The van der Waals surface area contributed by atoms with Gasteiger partial charge >= 0.3 is 5.97 Å². The van der Waals surface area contributed by atoms with E-state index in [0.717, 1.165) is 13.8 Å². The third-order valence-electron chi connectivity index (χ3n) is 8.95. The fraction of sp³-hybridized carbons (Fsp3) is 0.694. The van der Waals surface area contributed by atoms with Gasteiger partial charge in [-0.25, -0.2) is 0 Å². The van der Waals surface area contributed by atoms with Crippen molar-refractivity contribution in [2.24, 2.45) is 44.4 Å². The molecule has 23 N–H and O–H groups in total. The summed E-state index contributed by atoms with van der Waals surface area (Å²) in [5, 5.41) is 47.9. The Morgan fingerprint density at radius 3 is 1.45 bits per heavy atom. The minimum absolute atomic E-state index is 0.000482. The van der Waals surface area contributed by atoms with Crippen molar-refractivity contribution in [2.75, 3.05) is 32.8 Å². The number of aliphatic imine (C=N–C) groups is 2. The highest BCUT2D eigenvalue weighted by atomic mass is 16.4. The van der Waals surface area contributed by atoms with Crippen LogP contribution in [0.1, 0.15) is 72.6 Å². The van der Waals surface area contributed by atoms with Gasteiger partial charge in [0, 0.05) is 13.1 Å². The minimum atomic E-state index is -1.74. The molecule has 0 saturated heterocycles. The summed E-state index contributed by atoms with van der Waals surface area (Å²) < 4.78 is 0. The molecule has 0 aromatic carbocycles. The van der Waals surface area contributed by atoms with Crippen LogP contribution in [0.15, 0.2) is 9.98 Å². The number of hydrogen-bond donors (Lipinski definition) is 17. The van der Waals surface area contributed by atoms with Gasteiger partial charge in [-0.3, -0.25) is 53.1 Å². The zero-order valence-electron chi connectivity index (χ0n) is 36.6. The van der Waals surface area contributed by atoms with E-state index in [9.17, 15) is 53.4 Å². The largest absolute Gasteiger partial charge is 0.480 e. The molecular formula is C36H68N16O12. The number of hydrogen-bond acceptors (Lipinski definition) is 15. The molecular weight excluding hydrogens is 848 g/mol. The Kier molecular flexibility index (Phi) is 27.6. The molecule has 0 rings (SSSR count). The standard InChI is InChI=1S/C36H68N16O12/c1-17(38)27(56)48-22(9-5-6-12-37)30(59)50-21(10-7-13-43-35(39)40)29(58)45-15-25(55)46-18(2)28(57)49-23(11-8-14-44-36(41)42)31(60)51-24(16-53)32(61)52-26(20(4)54)33(62)47-19(3)34(63)64/h17-24,26,53-54H,5-16,37-38H2,1-4H3,(H,45,58)(H,46,55)(H,47,62)(H,48,56)(H,49,57)(H,50,59)(H,51,60)(H,52,61)(H,63,64)(H4,39,40,43)(H4,41,42,44)/t17-,18-,19-,20+,21-,22-,23-,24-,26-/m0/s1. The molecule has 0 saturated carbocycles. The molecule has 9 atom stereocenters. The highest BCUT2D eigenvalue weighted by Gasteiger charge is 2.33. The van der Waals surface area contributed by atoms with E-state index in [4.69, 9.17) is 39.5 Å². The Labute approximate surface area is 370 Å². The molecule has 364 valence electrons. The van der Waals surface area contributed by atoms with Crippen molar-refractivity contribution >= 4 is 65.1 Å². The second-order valence-corrected chi connectivity index (χ2v) is 14.7. The summed E-state index contributed by atoms with van der Waals surface area (Å²) in [6, 6.07) is -10.8. The summed E-state index contributed by atoms with van der Waals surface area (Å²) in [6.07, 6.45) is -0.180. The van der Waals surface area contributed by atoms with E-state index in [1.807, 2.05) is 0 Å². The van der Waals surface area contributed by atoms with Crippen LogP contribution in [0, 0.1) is 0 Å². The number of carbonyl (C=O) groups is 9. The van der Waals surface area contributed by atoms with Gasteiger partial charge in [-0.05, 0) is 79.2 Å². The van der Waals surface area contributed by atoms with Crippen LogP contribution in [0.25, 0.3) is 0 Å². The maximum Gasteiger partial charge on any atom is 0.325 e. The lowest BCUT2D eigenvalue weighted by Gasteiger charge is -2.26. The number of nitrogens with two attached hydrogens (primary N) is 6. The molecule has 8 amide bonds. The first-order valence-electron chi connectivity index (χ1n) is 20.4. The van der Waals surface area contributed by atoms with Crippen LogP contribution < -0.4 is 76.9 Å². The predicted octanol–water partition coefficient (Wildman–Crippen LogP) is -8.42. The van der Waals surface area contributed by atoms with Crippen molar-refractivity contribution in [1.82, 2.24) is 42.5 Å². The molecule has 0 spiro atoms. The molecule has 0 unspecified atom stereocenters. The Morgan fingerprint density at radius 2 is 1.00 bits per heavy atom. The first-order chi connectivity index (χ1) is 29.9. The van der Waals surface area contributed by atoms with E-state index in [2.05, 4.69) is 52.5 Å². The van der Waals surface area contributed by atoms with Gasteiger partial charge in [0.05, 0.1) is 25.3 Å². The monoisotopic (exact) mass is 917 g/mol. The third-order valence-corrected chi connectivity index (χ3v) is 8.95. The van der Waals surface area contributed by atoms with E-state index in [1.165, 1.54) is 13.8 Å². The number of aliphatic hydroxyl groups excluding tert-OH is 2. The minimum Gasteiger partial charge on any atom is -0.480 e. The van der Waals surface area contributed by atoms with Gasteiger partial charge in [0.15, 0.2) is 11.9 Å². The number of amides is 8. The first kappa shape index (κ1) is 57.6.